The first-order chi connectivity index (χ1) is 9.65. The summed E-state index contributed by atoms with van der Waals surface area (Å²) >= 11 is 5.90. The predicted molar refractivity (Wildman–Crippen MR) is 78.6 cm³/mol. The van der Waals surface area contributed by atoms with Crippen LogP contribution in [0, 0.1) is 0 Å². The van der Waals surface area contributed by atoms with Gasteiger partial charge in [0.1, 0.15) is 0 Å². The van der Waals surface area contributed by atoms with Crippen molar-refractivity contribution < 1.29 is 9.59 Å². The van der Waals surface area contributed by atoms with Gasteiger partial charge in [-0.1, -0.05) is 23.7 Å². The third-order valence-corrected chi connectivity index (χ3v) is 3.62. The second-order valence-electron chi connectivity index (χ2n) is 5.00. The fraction of sp³-hybridized carbons (Fsp3) is 0.467. The quantitative estimate of drug-likeness (QED) is 0.903. The first kappa shape index (κ1) is 14.9. The van der Waals surface area contributed by atoms with Gasteiger partial charge in [0.15, 0.2) is 0 Å². The Morgan fingerprint density at radius 2 is 2.20 bits per heavy atom. The van der Waals surface area contributed by atoms with Gasteiger partial charge in [-0.3, -0.25) is 9.59 Å². The number of amides is 2. The molecule has 1 saturated heterocycles. The molecule has 0 radical (unpaired) electrons. The number of likely N-dealkylation sites (tertiary alicyclic amines) is 1. The summed E-state index contributed by atoms with van der Waals surface area (Å²) in [4.78, 5) is 25.0. The van der Waals surface area contributed by atoms with E-state index < -0.39 is 0 Å². The maximum atomic E-state index is 11.8. The average molecular weight is 295 g/mol. The molecule has 1 fully saturated rings. The van der Waals surface area contributed by atoms with Crippen LogP contribution in [0.5, 0.6) is 0 Å². The molecule has 1 N–H and O–H groups in total. The Morgan fingerprint density at radius 1 is 1.35 bits per heavy atom. The van der Waals surface area contributed by atoms with Crippen molar-refractivity contribution in [2.24, 2.45) is 0 Å². The maximum Gasteiger partial charge on any atom is 0.239 e. The molecular formula is C15H19ClN2O2. The number of halogens is 1. The fourth-order valence-corrected chi connectivity index (χ4v) is 2.51. The summed E-state index contributed by atoms with van der Waals surface area (Å²) in [6, 6.07) is 7.59. The van der Waals surface area contributed by atoms with Gasteiger partial charge in [-0.15, -0.1) is 0 Å². The minimum absolute atomic E-state index is 0.0845. The van der Waals surface area contributed by atoms with Gasteiger partial charge in [0, 0.05) is 24.5 Å². The molecule has 0 unspecified atom stereocenters. The number of rotatable bonds is 5. The van der Waals surface area contributed by atoms with Crippen molar-refractivity contribution in [3.63, 3.8) is 0 Å². The highest BCUT2D eigenvalue weighted by Crippen LogP contribution is 2.11. The summed E-state index contributed by atoms with van der Waals surface area (Å²) < 4.78 is 0. The van der Waals surface area contributed by atoms with E-state index in [9.17, 15) is 9.59 Å². The molecule has 0 atom stereocenters. The molecule has 20 heavy (non-hydrogen) atoms. The molecule has 1 aromatic carbocycles. The predicted octanol–water partition coefficient (Wildman–Crippen LogP) is 2.01. The zero-order valence-corrected chi connectivity index (χ0v) is 12.2. The molecule has 0 spiro atoms. The molecular weight excluding hydrogens is 276 g/mol. The lowest BCUT2D eigenvalue weighted by atomic mass is 10.1. The molecule has 0 aliphatic carbocycles. The van der Waals surface area contributed by atoms with Crippen LogP contribution < -0.4 is 5.32 Å². The highest BCUT2D eigenvalue weighted by molar-refractivity contribution is 6.30. The van der Waals surface area contributed by atoms with Crippen LogP contribution in [-0.2, 0) is 16.0 Å². The summed E-state index contributed by atoms with van der Waals surface area (Å²) in [7, 11) is 0. The number of carbonyl (C=O) groups is 2. The van der Waals surface area contributed by atoms with Crippen molar-refractivity contribution >= 4 is 23.4 Å². The molecule has 0 saturated carbocycles. The standard InChI is InChI=1S/C15H19ClN2O2/c16-13-5-3-4-12(10-13)7-8-17-14(19)11-18-9-2-1-6-15(18)20/h3-5,10H,1-2,6-9,11H2,(H,17,19). The smallest absolute Gasteiger partial charge is 0.239 e. The highest BCUT2D eigenvalue weighted by Gasteiger charge is 2.19. The van der Waals surface area contributed by atoms with Crippen molar-refractivity contribution in [2.45, 2.75) is 25.7 Å². The number of hydrogen-bond donors (Lipinski definition) is 1. The monoisotopic (exact) mass is 294 g/mol. The van der Waals surface area contributed by atoms with E-state index in [4.69, 9.17) is 11.6 Å². The van der Waals surface area contributed by atoms with E-state index in [-0.39, 0.29) is 18.4 Å². The largest absolute Gasteiger partial charge is 0.354 e. The van der Waals surface area contributed by atoms with Gasteiger partial charge < -0.3 is 10.2 Å². The van der Waals surface area contributed by atoms with Crippen molar-refractivity contribution in [3.8, 4) is 0 Å². The molecule has 0 bridgehead atoms. The van der Waals surface area contributed by atoms with Crippen LogP contribution in [0.15, 0.2) is 24.3 Å². The van der Waals surface area contributed by atoms with Crippen LogP contribution in [0.25, 0.3) is 0 Å². The number of benzene rings is 1. The van der Waals surface area contributed by atoms with Crippen LogP contribution in [0.2, 0.25) is 5.02 Å². The summed E-state index contributed by atoms with van der Waals surface area (Å²) in [5.41, 5.74) is 1.09. The SMILES string of the molecule is O=C(CN1CCCCC1=O)NCCc1cccc(Cl)c1. The van der Waals surface area contributed by atoms with Gasteiger partial charge >= 0.3 is 0 Å². The van der Waals surface area contributed by atoms with Crippen molar-refractivity contribution in [1.29, 1.82) is 0 Å². The van der Waals surface area contributed by atoms with Crippen LogP contribution in [0.4, 0.5) is 0 Å². The van der Waals surface area contributed by atoms with E-state index in [0.717, 1.165) is 24.8 Å². The van der Waals surface area contributed by atoms with E-state index in [1.54, 1.807) is 4.90 Å². The molecule has 2 amide bonds. The summed E-state index contributed by atoms with van der Waals surface area (Å²) in [5, 5.41) is 3.54. The van der Waals surface area contributed by atoms with Gasteiger partial charge in [-0.25, -0.2) is 0 Å². The topological polar surface area (TPSA) is 49.4 Å². The minimum atomic E-state index is -0.0951. The Morgan fingerprint density at radius 3 is 2.95 bits per heavy atom. The molecule has 1 aliphatic heterocycles. The number of piperidine rings is 1. The second kappa shape index (κ2) is 7.29. The molecule has 108 valence electrons. The number of nitrogens with zero attached hydrogens (tertiary/aromatic N) is 1. The number of nitrogens with one attached hydrogen (secondary N) is 1. The first-order valence-electron chi connectivity index (χ1n) is 6.94. The molecule has 1 heterocycles. The highest BCUT2D eigenvalue weighted by atomic mass is 35.5. The zero-order chi connectivity index (χ0) is 14.4. The van der Waals surface area contributed by atoms with E-state index in [0.29, 0.717) is 24.5 Å². The van der Waals surface area contributed by atoms with Crippen LogP contribution in [-0.4, -0.2) is 36.3 Å². The molecule has 1 aromatic rings. The van der Waals surface area contributed by atoms with Crippen molar-refractivity contribution in [3.05, 3.63) is 34.9 Å². The minimum Gasteiger partial charge on any atom is -0.354 e. The second-order valence-corrected chi connectivity index (χ2v) is 5.44. The third-order valence-electron chi connectivity index (χ3n) is 3.38. The van der Waals surface area contributed by atoms with Crippen LogP contribution in [0.1, 0.15) is 24.8 Å². The Balaban J connectivity index is 1.71. The Bertz CT molecular complexity index is 491. The summed E-state index contributed by atoms with van der Waals surface area (Å²) in [6.07, 6.45) is 3.23. The Hall–Kier alpha value is -1.55. The van der Waals surface area contributed by atoms with E-state index in [2.05, 4.69) is 5.32 Å². The van der Waals surface area contributed by atoms with Crippen molar-refractivity contribution in [1.82, 2.24) is 10.2 Å². The molecule has 4 nitrogen and oxygen atoms in total. The fourth-order valence-electron chi connectivity index (χ4n) is 2.30. The Kier molecular flexibility index (Phi) is 5.41. The van der Waals surface area contributed by atoms with Crippen molar-refractivity contribution in [2.75, 3.05) is 19.6 Å². The average Bonchev–Trinajstić information content (AvgIpc) is 2.41. The summed E-state index contributed by atoms with van der Waals surface area (Å²) in [6.45, 7) is 1.43. The van der Waals surface area contributed by atoms with E-state index in [1.165, 1.54) is 0 Å². The lowest BCUT2D eigenvalue weighted by molar-refractivity contribution is -0.137. The van der Waals surface area contributed by atoms with Gasteiger partial charge in [-0.2, -0.15) is 0 Å². The zero-order valence-electron chi connectivity index (χ0n) is 11.4. The van der Waals surface area contributed by atoms with Gasteiger partial charge in [0.2, 0.25) is 11.8 Å². The van der Waals surface area contributed by atoms with E-state index >= 15 is 0 Å². The van der Waals surface area contributed by atoms with Gasteiger partial charge in [0.05, 0.1) is 6.54 Å². The lowest BCUT2D eigenvalue weighted by Crippen LogP contribution is -2.43. The molecule has 5 heteroatoms. The maximum absolute atomic E-state index is 11.8. The lowest BCUT2D eigenvalue weighted by Gasteiger charge is -2.25. The van der Waals surface area contributed by atoms with Gasteiger partial charge in [-0.05, 0) is 37.0 Å². The molecule has 1 aliphatic rings. The summed E-state index contributed by atoms with van der Waals surface area (Å²) in [5.74, 6) is -0.0106. The molecule has 2 rings (SSSR count). The number of hydrogen-bond acceptors (Lipinski definition) is 2. The Labute approximate surface area is 124 Å². The molecule has 0 aromatic heterocycles. The third kappa shape index (κ3) is 4.53. The van der Waals surface area contributed by atoms with E-state index in [1.807, 2.05) is 24.3 Å². The van der Waals surface area contributed by atoms with Crippen LogP contribution in [0.3, 0.4) is 0 Å². The van der Waals surface area contributed by atoms with Crippen LogP contribution >= 0.6 is 11.6 Å². The van der Waals surface area contributed by atoms with Gasteiger partial charge in [0.25, 0.3) is 0 Å². The first-order valence-corrected chi connectivity index (χ1v) is 7.32. The normalized spacial score (nSPS) is 15.2. The number of carbonyl (C=O) groups excluding carboxylic acids is 2.